The summed E-state index contributed by atoms with van der Waals surface area (Å²) in [5, 5.41) is 12.0. The van der Waals surface area contributed by atoms with Crippen molar-refractivity contribution in [2.24, 2.45) is 0 Å². The number of thiophene rings is 1. The molecule has 2 N–H and O–H groups in total. The van der Waals surface area contributed by atoms with Gasteiger partial charge in [0.15, 0.2) is 0 Å². The Morgan fingerprint density at radius 1 is 1.12 bits per heavy atom. The molecule has 166 valence electrons. The number of amides is 1. The highest BCUT2D eigenvalue weighted by atomic mass is 79.9. The summed E-state index contributed by atoms with van der Waals surface area (Å²) in [5.74, 6) is -0.894. The third-order valence-electron chi connectivity index (χ3n) is 5.73. The van der Waals surface area contributed by atoms with Crippen LogP contribution in [0.1, 0.15) is 39.6 Å². The van der Waals surface area contributed by atoms with Crippen molar-refractivity contribution in [3.63, 3.8) is 0 Å². The minimum absolute atomic E-state index is 0.0125. The molecule has 0 saturated heterocycles. The fraction of sp³-hybridized carbons (Fsp3) is 0.280. The number of benzene rings is 2. The Morgan fingerprint density at radius 3 is 2.31 bits per heavy atom. The van der Waals surface area contributed by atoms with E-state index in [1.165, 1.54) is 11.1 Å². The number of carbonyl (C=O) groups excluding carboxylic acids is 1. The molecular weight excluding hydrogens is 490 g/mol. The van der Waals surface area contributed by atoms with Crippen LogP contribution in [0.4, 0.5) is 4.79 Å². The summed E-state index contributed by atoms with van der Waals surface area (Å²) in [6, 6.07) is 18.1. The SMILES string of the molecule is Cc1sc(CC(CCC(=O)O)NC(=O)OCC2c3ccccc3-c3ccccc32)cc1Br. The molecular formula is C25H24BrNO4S. The van der Waals surface area contributed by atoms with Crippen molar-refractivity contribution in [1.29, 1.82) is 0 Å². The van der Waals surface area contributed by atoms with E-state index in [-0.39, 0.29) is 25.0 Å². The average molecular weight is 514 g/mol. The van der Waals surface area contributed by atoms with Crippen LogP contribution in [-0.2, 0) is 16.0 Å². The van der Waals surface area contributed by atoms with Crippen molar-refractivity contribution in [2.45, 2.75) is 38.1 Å². The van der Waals surface area contributed by atoms with Gasteiger partial charge in [-0.1, -0.05) is 48.5 Å². The molecule has 0 aliphatic heterocycles. The highest BCUT2D eigenvalue weighted by Crippen LogP contribution is 2.44. The van der Waals surface area contributed by atoms with E-state index in [1.54, 1.807) is 11.3 Å². The number of aryl methyl sites for hydroxylation is 1. The summed E-state index contributed by atoms with van der Waals surface area (Å²) in [7, 11) is 0. The number of nitrogens with one attached hydrogen (secondary N) is 1. The van der Waals surface area contributed by atoms with Crippen molar-refractivity contribution in [1.82, 2.24) is 5.32 Å². The average Bonchev–Trinajstić information content (AvgIpc) is 3.26. The summed E-state index contributed by atoms with van der Waals surface area (Å²) in [5.41, 5.74) is 4.66. The lowest BCUT2D eigenvalue weighted by molar-refractivity contribution is -0.137. The largest absolute Gasteiger partial charge is 0.481 e. The number of carboxylic acid groups (broad SMARTS) is 1. The van der Waals surface area contributed by atoms with Crippen molar-refractivity contribution in [3.8, 4) is 11.1 Å². The summed E-state index contributed by atoms with van der Waals surface area (Å²) < 4.78 is 6.66. The number of fused-ring (bicyclic) bond motifs is 3. The van der Waals surface area contributed by atoms with E-state index in [9.17, 15) is 9.59 Å². The van der Waals surface area contributed by atoms with E-state index in [2.05, 4.69) is 45.5 Å². The predicted molar refractivity (Wildman–Crippen MR) is 129 cm³/mol. The maximum atomic E-state index is 12.7. The van der Waals surface area contributed by atoms with Gasteiger partial charge in [0.1, 0.15) is 6.61 Å². The van der Waals surface area contributed by atoms with Gasteiger partial charge in [-0.2, -0.15) is 0 Å². The molecule has 1 heterocycles. The minimum atomic E-state index is -0.882. The molecule has 32 heavy (non-hydrogen) atoms. The number of alkyl carbamates (subject to hydrolysis) is 1. The molecule has 0 fully saturated rings. The number of rotatable bonds is 8. The lowest BCUT2D eigenvalue weighted by atomic mass is 9.98. The van der Waals surface area contributed by atoms with Crippen LogP contribution in [0, 0.1) is 6.92 Å². The molecule has 7 heteroatoms. The topological polar surface area (TPSA) is 75.6 Å². The molecule has 1 unspecified atom stereocenters. The third kappa shape index (κ3) is 5.05. The van der Waals surface area contributed by atoms with Gasteiger partial charge in [-0.25, -0.2) is 4.79 Å². The molecule has 1 aliphatic carbocycles. The summed E-state index contributed by atoms with van der Waals surface area (Å²) >= 11 is 5.15. The van der Waals surface area contributed by atoms with Gasteiger partial charge in [0.05, 0.1) is 0 Å². The third-order valence-corrected chi connectivity index (χ3v) is 7.89. The molecule has 1 amide bonds. The number of carboxylic acids is 1. The summed E-state index contributed by atoms with van der Waals surface area (Å²) in [4.78, 5) is 26.0. The maximum absolute atomic E-state index is 12.7. The van der Waals surface area contributed by atoms with Gasteiger partial charge in [-0.05, 0) is 57.6 Å². The van der Waals surface area contributed by atoms with E-state index < -0.39 is 12.1 Å². The standard InChI is InChI=1S/C25H24BrNO4S/c1-15-23(26)13-17(32-15)12-16(10-11-24(28)29)27-25(30)31-14-22-20-8-4-2-6-18(20)19-7-3-5-9-21(19)22/h2-9,13,16,22H,10-12,14H2,1H3,(H,27,30)(H,28,29). The van der Waals surface area contributed by atoms with Gasteiger partial charge in [-0.3, -0.25) is 4.79 Å². The van der Waals surface area contributed by atoms with Crippen molar-refractivity contribution >= 4 is 39.3 Å². The molecule has 0 radical (unpaired) electrons. The van der Waals surface area contributed by atoms with E-state index in [4.69, 9.17) is 9.84 Å². The van der Waals surface area contributed by atoms with Crippen LogP contribution in [-0.4, -0.2) is 29.8 Å². The Bertz CT molecular complexity index is 1080. The molecule has 3 aromatic rings. The van der Waals surface area contributed by atoms with Crippen molar-refractivity contribution in [3.05, 3.63) is 80.0 Å². The number of hydrogen-bond donors (Lipinski definition) is 2. The van der Waals surface area contributed by atoms with Crippen LogP contribution in [0.3, 0.4) is 0 Å². The van der Waals surface area contributed by atoms with Gasteiger partial charge in [0, 0.05) is 39.0 Å². The first-order valence-electron chi connectivity index (χ1n) is 10.5. The first-order chi connectivity index (χ1) is 15.4. The second kappa shape index (κ2) is 9.88. The van der Waals surface area contributed by atoms with Crippen LogP contribution in [0.25, 0.3) is 11.1 Å². The zero-order valence-electron chi connectivity index (χ0n) is 17.6. The van der Waals surface area contributed by atoms with E-state index in [0.29, 0.717) is 12.8 Å². The number of hydrogen-bond acceptors (Lipinski definition) is 4. The number of aliphatic carboxylic acids is 1. The summed E-state index contributed by atoms with van der Waals surface area (Å²) in [6.07, 6.45) is 0.373. The second-order valence-electron chi connectivity index (χ2n) is 7.92. The zero-order chi connectivity index (χ0) is 22.7. The van der Waals surface area contributed by atoms with Gasteiger partial charge in [-0.15, -0.1) is 11.3 Å². The zero-order valence-corrected chi connectivity index (χ0v) is 20.0. The Labute approximate surface area is 199 Å². The van der Waals surface area contributed by atoms with E-state index in [1.807, 2.05) is 37.3 Å². The number of halogens is 1. The van der Waals surface area contributed by atoms with Crippen molar-refractivity contribution < 1.29 is 19.4 Å². The Balaban J connectivity index is 1.42. The lowest BCUT2D eigenvalue weighted by Crippen LogP contribution is -2.37. The molecule has 0 spiro atoms. The van der Waals surface area contributed by atoms with E-state index in [0.717, 1.165) is 25.4 Å². The quantitative estimate of drug-likeness (QED) is 0.379. The lowest BCUT2D eigenvalue weighted by Gasteiger charge is -2.19. The molecule has 1 aliphatic rings. The minimum Gasteiger partial charge on any atom is -0.481 e. The monoisotopic (exact) mass is 513 g/mol. The summed E-state index contributed by atoms with van der Waals surface area (Å²) in [6.45, 7) is 2.25. The first kappa shape index (κ1) is 22.6. The van der Waals surface area contributed by atoms with Crippen LogP contribution >= 0.6 is 27.3 Å². The highest BCUT2D eigenvalue weighted by Gasteiger charge is 2.29. The van der Waals surface area contributed by atoms with Crippen molar-refractivity contribution in [2.75, 3.05) is 6.61 Å². The number of ether oxygens (including phenoxy) is 1. The predicted octanol–water partition coefficient (Wildman–Crippen LogP) is 6.13. The fourth-order valence-electron chi connectivity index (χ4n) is 4.19. The highest BCUT2D eigenvalue weighted by molar-refractivity contribution is 9.10. The van der Waals surface area contributed by atoms with E-state index >= 15 is 0 Å². The Hall–Kier alpha value is -2.64. The molecule has 0 bridgehead atoms. The van der Waals surface area contributed by atoms with Crippen LogP contribution in [0.15, 0.2) is 59.1 Å². The normalized spacial score (nSPS) is 13.3. The molecule has 4 rings (SSSR count). The van der Waals surface area contributed by atoms with Crippen LogP contribution in [0.5, 0.6) is 0 Å². The molecule has 2 aromatic carbocycles. The van der Waals surface area contributed by atoms with Gasteiger partial charge < -0.3 is 15.2 Å². The smallest absolute Gasteiger partial charge is 0.407 e. The van der Waals surface area contributed by atoms with Gasteiger partial charge in [0.25, 0.3) is 0 Å². The molecule has 1 aromatic heterocycles. The number of carbonyl (C=O) groups is 2. The maximum Gasteiger partial charge on any atom is 0.407 e. The molecule has 0 saturated carbocycles. The Kier molecular flexibility index (Phi) is 6.96. The second-order valence-corrected chi connectivity index (χ2v) is 10.1. The van der Waals surface area contributed by atoms with Crippen LogP contribution < -0.4 is 5.32 Å². The molecule has 1 atom stereocenters. The Morgan fingerprint density at radius 2 is 1.75 bits per heavy atom. The fourth-order valence-corrected chi connectivity index (χ4v) is 5.87. The molecule has 5 nitrogen and oxygen atoms in total. The first-order valence-corrected chi connectivity index (χ1v) is 12.1. The van der Waals surface area contributed by atoms with Crippen LogP contribution in [0.2, 0.25) is 0 Å². The van der Waals surface area contributed by atoms with Gasteiger partial charge in [0.2, 0.25) is 0 Å². The van der Waals surface area contributed by atoms with Gasteiger partial charge >= 0.3 is 12.1 Å².